The van der Waals surface area contributed by atoms with Gasteiger partial charge in [-0.1, -0.05) is 73.6 Å². The molecule has 73 heavy (non-hydrogen) atoms. The quantitative estimate of drug-likeness (QED) is 0.165. The molecule has 13 heteroatoms. The largest absolute Gasteiger partial charge is 0.339 e. The van der Waals surface area contributed by atoms with Crippen molar-refractivity contribution < 1.29 is 41.1 Å². The molecule has 8 nitrogen and oxygen atoms in total. The number of amides is 4. The van der Waals surface area contributed by atoms with E-state index in [4.69, 9.17) is 0 Å². The molecular weight excluding hydrogens is 936 g/mol. The van der Waals surface area contributed by atoms with E-state index in [1.54, 1.807) is 52.3 Å². The number of hydrogen-bond acceptors (Lipinski definition) is 4. The van der Waals surface area contributed by atoms with Crippen molar-refractivity contribution in [2.75, 3.05) is 52.4 Å². The van der Waals surface area contributed by atoms with Crippen LogP contribution in [0.5, 0.6) is 0 Å². The van der Waals surface area contributed by atoms with E-state index >= 15 is 0 Å². The minimum absolute atomic E-state index is 0.0252. The Morgan fingerprint density at radius 2 is 0.699 bits per heavy atom. The van der Waals surface area contributed by atoms with E-state index < -0.39 is 17.5 Å². The van der Waals surface area contributed by atoms with Gasteiger partial charge < -0.3 is 19.6 Å². The first kappa shape index (κ1) is 58.3. The molecule has 8 rings (SSSR count). The summed E-state index contributed by atoms with van der Waals surface area (Å²) in [6.45, 7) is 23.8. The van der Waals surface area contributed by atoms with Gasteiger partial charge >= 0.3 is 0 Å². The van der Waals surface area contributed by atoms with Crippen molar-refractivity contribution in [2.45, 2.75) is 107 Å². The maximum atomic E-state index is 13.6. The minimum atomic E-state index is -0.781. The summed E-state index contributed by atoms with van der Waals surface area (Å²) in [5, 5.41) is 0. The van der Waals surface area contributed by atoms with Gasteiger partial charge in [-0.15, -0.1) is 0 Å². The molecule has 0 aromatic heterocycles. The molecule has 4 aromatic rings. The molecule has 4 amide bonds. The third-order valence-electron chi connectivity index (χ3n) is 15.5. The highest BCUT2D eigenvalue weighted by atomic mass is 19.1. The molecule has 0 N–H and O–H groups in total. The van der Waals surface area contributed by atoms with Crippen LogP contribution in [0.3, 0.4) is 0 Å². The second-order valence-electron chi connectivity index (χ2n) is 21.6. The van der Waals surface area contributed by atoms with Gasteiger partial charge in [0.1, 0.15) is 29.1 Å². The van der Waals surface area contributed by atoms with Crippen LogP contribution in [0.1, 0.15) is 148 Å². The number of carbonyl (C=O) groups excluding carboxylic acids is 4. The van der Waals surface area contributed by atoms with Crippen molar-refractivity contribution >= 4 is 23.6 Å². The number of benzene rings is 4. The Bertz CT molecular complexity index is 2380. The number of rotatable bonds is 8. The first-order valence-corrected chi connectivity index (χ1v) is 26.6. The van der Waals surface area contributed by atoms with Crippen molar-refractivity contribution in [3.63, 3.8) is 0 Å². The molecule has 0 spiro atoms. The number of carbonyl (C=O) groups is 4. The Hall–Kier alpha value is -5.59. The Kier molecular flexibility index (Phi) is 22.5. The van der Waals surface area contributed by atoms with Gasteiger partial charge in [-0.25, -0.2) is 22.0 Å². The van der Waals surface area contributed by atoms with E-state index in [0.29, 0.717) is 65.6 Å². The smallest absolute Gasteiger partial charge is 0.256 e. The van der Waals surface area contributed by atoms with Crippen LogP contribution in [0.2, 0.25) is 0 Å². The lowest BCUT2D eigenvalue weighted by Gasteiger charge is -2.34. The summed E-state index contributed by atoms with van der Waals surface area (Å²) >= 11 is 0. The number of halogens is 5. The second kappa shape index (κ2) is 28.2. The van der Waals surface area contributed by atoms with Crippen LogP contribution < -0.4 is 0 Å². The van der Waals surface area contributed by atoms with E-state index in [9.17, 15) is 41.1 Å². The minimum Gasteiger partial charge on any atom is -0.339 e. The molecule has 0 bridgehead atoms. The Balaban J connectivity index is 0.000000181. The second-order valence-corrected chi connectivity index (χ2v) is 21.6. The summed E-state index contributed by atoms with van der Waals surface area (Å²) in [6.07, 6.45) is 8.21. The van der Waals surface area contributed by atoms with Crippen LogP contribution in [0.15, 0.2) is 91.0 Å². The number of nitrogens with zero attached hydrogens (tertiary/aromatic N) is 4. The summed E-state index contributed by atoms with van der Waals surface area (Å²) in [6, 6.07) is 21.1. The predicted octanol–water partition coefficient (Wildman–Crippen LogP) is 13.5. The van der Waals surface area contributed by atoms with E-state index in [2.05, 4.69) is 55.4 Å². The fourth-order valence-corrected chi connectivity index (χ4v) is 10.3. The first-order valence-electron chi connectivity index (χ1n) is 26.6. The average Bonchev–Trinajstić information content (AvgIpc) is 3.39. The van der Waals surface area contributed by atoms with Gasteiger partial charge in [0.15, 0.2) is 0 Å². The lowest BCUT2D eigenvalue weighted by atomic mass is 9.86. The highest BCUT2D eigenvalue weighted by molar-refractivity contribution is 5.96. The fraction of sp³-hybridized carbons (Fsp3) is 0.533. The SMILES string of the molecule is CC(C)C1CCN(C(=O)c2ccc(F)cc2)CC1.CC(C)C1CCN(C(=O)c2ccc(F)cc2F)CC1.CC(C)C1CCN(C(=O)c2cccc(F)c2)CC1.CC(C)C1CCN(C(=O)c2ccccc2F)CC1. The molecule has 4 aliphatic heterocycles. The molecule has 4 saturated heterocycles. The van der Waals surface area contributed by atoms with Crippen LogP contribution in [0.4, 0.5) is 22.0 Å². The Labute approximate surface area is 431 Å². The third kappa shape index (κ3) is 17.2. The molecule has 4 heterocycles. The zero-order valence-corrected chi connectivity index (χ0v) is 44.4. The number of likely N-dealkylation sites (tertiary alicyclic amines) is 4. The predicted molar refractivity (Wildman–Crippen MR) is 279 cm³/mol. The Morgan fingerprint density at radius 1 is 0.356 bits per heavy atom. The molecule has 0 saturated carbocycles. The summed E-state index contributed by atoms with van der Waals surface area (Å²) in [7, 11) is 0. The normalized spacial score (nSPS) is 17.2. The molecule has 4 aromatic carbocycles. The van der Waals surface area contributed by atoms with Crippen molar-refractivity contribution in [3.8, 4) is 0 Å². The monoisotopic (exact) mass is 1010 g/mol. The molecule has 4 fully saturated rings. The van der Waals surface area contributed by atoms with Gasteiger partial charge in [-0.05, 0) is 165 Å². The zero-order valence-electron chi connectivity index (χ0n) is 44.4. The van der Waals surface area contributed by atoms with Gasteiger partial charge in [0.05, 0.1) is 11.1 Å². The molecule has 0 radical (unpaired) electrons. The van der Waals surface area contributed by atoms with E-state index in [1.165, 1.54) is 36.4 Å². The molecule has 0 unspecified atom stereocenters. The summed E-state index contributed by atoms with van der Waals surface area (Å²) in [4.78, 5) is 55.9. The van der Waals surface area contributed by atoms with Gasteiger partial charge in [-0.3, -0.25) is 19.2 Å². The average molecular weight is 1020 g/mol. The van der Waals surface area contributed by atoms with Crippen molar-refractivity contribution in [1.29, 1.82) is 0 Å². The standard InChI is InChI=1S/C15H19F2NO.3C15H20FNO/c1-10(2)11-5-7-18(8-6-11)15(19)13-4-3-12(16)9-14(13)17;1-11(2)12-7-9-17(10-8-12)15(18)13-3-5-14(16)6-4-13;1-11(2)12-6-8-17(9-7-12)15(18)13-4-3-5-14(16)10-13;1-11(2)12-7-9-17(10-8-12)15(18)13-5-3-4-6-14(13)16/h3-4,9-11H,5-8H2,1-2H3;3-6,11-12H,7-10H2,1-2H3;3-5,10-12H,6-9H2,1-2H3;3-6,11-12H,7-10H2,1-2H3. The fourth-order valence-electron chi connectivity index (χ4n) is 10.3. The third-order valence-corrected chi connectivity index (χ3v) is 15.5. The highest BCUT2D eigenvalue weighted by Crippen LogP contribution is 2.29. The van der Waals surface area contributed by atoms with Crippen molar-refractivity contribution in [1.82, 2.24) is 19.6 Å². The van der Waals surface area contributed by atoms with Crippen LogP contribution in [-0.4, -0.2) is 95.6 Å². The van der Waals surface area contributed by atoms with Crippen molar-refractivity contribution in [2.24, 2.45) is 47.3 Å². The maximum absolute atomic E-state index is 13.6. The first-order chi connectivity index (χ1) is 34.7. The molecule has 4 aliphatic rings. The van der Waals surface area contributed by atoms with Crippen molar-refractivity contribution in [3.05, 3.63) is 142 Å². The Morgan fingerprint density at radius 3 is 1.07 bits per heavy atom. The van der Waals surface area contributed by atoms with E-state index in [0.717, 1.165) is 109 Å². The van der Waals surface area contributed by atoms with Gasteiger partial charge in [0.2, 0.25) is 0 Å². The van der Waals surface area contributed by atoms with Crippen LogP contribution >= 0.6 is 0 Å². The number of hydrogen-bond donors (Lipinski definition) is 0. The highest BCUT2D eigenvalue weighted by Gasteiger charge is 2.30. The van der Waals surface area contributed by atoms with E-state index in [1.807, 2.05) is 9.80 Å². The number of piperidine rings is 4. The summed E-state index contributed by atoms with van der Waals surface area (Å²) < 4.78 is 65.9. The molecule has 0 atom stereocenters. The lowest BCUT2D eigenvalue weighted by molar-refractivity contribution is 0.0656. The topological polar surface area (TPSA) is 81.2 Å². The lowest BCUT2D eigenvalue weighted by Crippen LogP contribution is -2.39. The zero-order chi connectivity index (χ0) is 53.4. The van der Waals surface area contributed by atoms with Gasteiger partial charge in [-0.2, -0.15) is 0 Å². The molecule has 398 valence electrons. The van der Waals surface area contributed by atoms with Gasteiger partial charge in [0, 0.05) is 69.6 Å². The van der Waals surface area contributed by atoms with Gasteiger partial charge in [0.25, 0.3) is 23.6 Å². The molecular formula is C60H79F5N4O4. The van der Waals surface area contributed by atoms with E-state index in [-0.39, 0.29) is 46.4 Å². The molecule has 0 aliphatic carbocycles. The summed E-state index contributed by atoms with van der Waals surface area (Å²) in [5.41, 5.74) is 1.20. The maximum Gasteiger partial charge on any atom is 0.256 e. The van der Waals surface area contributed by atoms with Crippen LogP contribution in [0, 0.1) is 76.4 Å². The van der Waals surface area contributed by atoms with Crippen LogP contribution in [0.25, 0.3) is 0 Å². The van der Waals surface area contributed by atoms with Crippen LogP contribution in [-0.2, 0) is 0 Å². The summed E-state index contributed by atoms with van der Waals surface area (Å²) in [5.74, 6) is 2.35.